The molecule has 0 saturated carbocycles. The number of hydrogen-bond donors (Lipinski definition) is 1. The highest BCUT2D eigenvalue weighted by molar-refractivity contribution is 5.92. The molecular formula is C26H42O3. The fourth-order valence-corrected chi connectivity index (χ4v) is 3.65. The lowest BCUT2D eigenvalue weighted by Crippen LogP contribution is -2.00. The van der Waals surface area contributed by atoms with Crippen molar-refractivity contribution >= 4 is 12.0 Å². The van der Waals surface area contributed by atoms with Crippen LogP contribution in [-0.2, 0) is 4.79 Å². The zero-order valence-electron chi connectivity index (χ0n) is 18.8. The van der Waals surface area contributed by atoms with E-state index < -0.39 is 5.97 Å². The summed E-state index contributed by atoms with van der Waals surface area (Å²) >= 11 is 0. The second-order valence-electron chi connectivity index (χ2n) is 8.09. The summed E-state index contributed by atoms with van der Waals surface area (Å²) < 4.78 is 5.14. The summed E-state index contributed by atoms with van der Waals surface area (Å²) in [6.45, 7) is 2.27. The number of carbonyl (C=O) groups is 1. The molecule has 3 heteroatoms. The number of carboxylic acid groups (broad SMARTS) is 1. The molecule has 0 atom stereocenters. The molecule has 0 amide bonds. The van der Waals surface area contributed by atoms with Gasteiger partial charge >= 0.3 is 5.97 Å². The first-order valence-electron chi connectivity index (χ1n) is 11.7. The van der Waals surface area contributed by atoms with Crippen molar-refractivity contribution in [3.63, 3.8) is 0 Å². The molecule has 0 aromatic heterocycles. The van der Waals surface area contributed by atoms with E-state index in [2.05, 4.69) is 6.92 Å². The van der Waals surface area contributed by atoms with Crippen molar-refractivity contribution in [2.24, 2.45) is 0 Å². The Hall–Kier alpha value is -1.77. The van der Waals surface area contributed by atoms with Crippen LogP contribution >= 0.6 is 0 Å². The predicted octanol–water partition coefficient (Wildman–Crippen LogP) is 8.03. The highest BCUT2D eigenvalue weighted by Crippen LogP contribution is 2.18. The molecule has 0 radical (unpaired) electrons. The van der Waals surface area contributed by atoms with Crippen LogP contribution in [0, 0.1) is 0 Å². The van der Waals surface area contributed by atoms with Gasteiger partial charge in [-0.2, -0.15) is 0 Å². The maximum Gasteiger partial charge on any atom is 0.331 e. The third kappa shape index (κ3) is 13.1. The van der Waals surface area contributed by atoms with E-state index >= 15 is 0 Å². The Morgan fingerprint density at radius 3 is 1.66 bits per heavy atom. The van der Waals surface area contributed by atoms with Gasteiger partial charge in [0.25, 0.3) is 0 Å². The molecule has 1 aromatic rings. The summed E-state index contributed by atoms with van der Waals surface area (Å²) in [5.41, 5.74) is 1.41. The molecule has 0 aliphatic heterocycles. The molecule has 0 heterocycles. The summed E-state index contributed by atoms with van der Waals surface area (Å²) in [4.78, 5) is 11.5. The first-order chi connectivity index (χ1) is 14.2. The van der Waals surface area contributed by atoms with Gasteiger partial charge in [-0.1, -0.05) is 103 Å². The molecule has 0 spiro atoms. The molecule has 0 saturated heterocycles. The molecule has 164 valence electrons. The largest absolute Gasteiger partial charge is 0.497 e. The fraction of sp³-hybridized carbons (Fsp3) is 0.654. The molecule has 0 unspecified atom stereocenters. The predicted molar refractivity (Wildman–Crippen MR) is 124 cm³/mol. The van der Waals surface area contributed by atoms with E-state index in [-0.39, 0.29) is 0 Å². The summed E-state index contributed by atoms with van der Waals surface area (Å²) in [7, 11) is 1.63. The van der Waals surface area contributed by atoms with Crippen LogP contribution < -0.4 is 4.74 Å². The van der Waals surface area contributed by atoms with Crippen molar-refractivity contribution < 1.29 is 14.6 Å². The first kappa shape index (κ1) is 25.3. The SMILES string of the molecule is CCCCCCCCCCCCCCCCC(=Cc1ccc(OC)cc1)C(=O)O. The van der Waals surface area contributed by atoms with Gasteiger partial charge in [-0.15, -0.1) is 0 Å². The maximum absolute atomic E-state index is 11.5. The van der Waals surface area contributed by atoms with Crippen LogP contribution in [0.1, 0.15) is 109 Å². The molecule has 0 aliphatic carbocycles. The normalized spacial score (nSPS) is 11.6. The van der Waals surface area contributed by atoms with Gasteiger partial charge in [-0.3, -0.25) is 0 Å². The second kappa shape index (κ2) is 17.1. The van der Waals surface area contributed by atoms with Gasteiger partial charge in [-0.25, -0.2) is 4.79 Å². The number of ether oxygens (including phenoxy) is 1. The monoisotopic (exact) mass is 402 g/mol. The Morgan fingerprint density at radius 1 is 0.793 bits per heavy atom. The van der Waals surface area contributed by atoms with Crippen LogP contribution in [0.5, 0.6) is 5.75 Å². The minimum absolute atomic E-state index is 0.495. The molecule has 0 fully saturated rings. The van der Waals surface area contributed by atoms with E-state index in [4.69, 9.17) is 4.74 Å². The lowest BCUT2D eigenvalue weighted by atomic mass is 10.0. The zero-order chi connectivity index (χ0) is 21.2. The first-order valence-corrected chi connectivity index (χ1v) is 11.7. The smallest absolute Gasteiger partial charge is 0.331 e. The Morgan fingerprint density at radius 2 is 1.24 bits per heavy atom. The van der Waals surface area contributed by atoms with Crippen molar-refractivity contribution in [1.29, 1.82) is 0 Å². The van der Waals surface area contributed by atoms with Gasteiger partial charge in [0.1, 0.15) is 5.75 Å². The van der Waals surface area contributed by atoms with Gasteiger partial charge in [0.05, 0.1) is 7.11 Å². The van der Waals surface area contributed by atoms with E-state index in [0.29, 0.717) is 12.0 Å². The van der Waals surface area contributed by atoms with Crippen LogP contribution in [0.15, 0.2) is 29.8 Å². The van der Waals surface area contributed by atoms with Crippen LogP contribution in [0.25, 0.3) is 6.08 Å². The molecule has 1 rings (SSSR count). The average molecular weight is 403 g/mol. The number of rotatable bonds is 18. The topological polar surface area (TPSA) is 46.5 Å². The molecule has 1 N–H and O–H groups in total. The number of hydrogen-bond acceptors (Lipinski definition) is 2. The number of methoxy groups -OCH3 is 1. The third-order valence-corrected chi connectivity index (χ3v) is 5.53. The lowest BCUT2D eigenvalue weighted by Gasteiger charge is -2.05. The summed E-state index contributed by atoms with van der Waals surface area (Å²) in [6, 6.07) is 7.51. The third-order valence-electron chi connectivity index (χ3n) is 5.53. The highest BCUT2D eigenvalue weighted by Gasteiger charge is 2.07. The quantitative estimate of drug-likeness (QED) is 0.200. The number of carboxylic acids is 1. The average Bonchev–Trinajstić information content (AvgIpc) is 2.73. The van der Waals surface area contributed by atoms with Crippen molar-refractivity contribution in [3.8, 4) is 5.75 Å². The molecule has 29 heavy (non-hydrogen) atoms. The van der Waals surface area contributed by atoms with Crippen LogP contribution in [0.4, 0.5) is 0 Å². The van der Waals surface area contributed by atoms with Gasteiger partial charge < -0.3 is 9.84 Å². The van der Waals surface area contributed by atoms with Gasteiger partial charge in [0.15, 0.2) is 0 Å². The fourth-order valence-electron chi connectivity index (χ4n) is 3.65. The Labute approximate surface area is 178 Å². The number of unbranched alkanes of at least 4 members (excludes halogenated alkanes) is 13. The van der Waals surface area contributed by atoms with Crippen LogP contribution in [-0.4, -0.2) is 18.2 Å². The molecular weight excluding hydrogens is 360 g/mol. The minimum Gasteiger partial charge on any atom is -0.497 e. The highest BCUT2D eigenvalue weighted by atomic mass is 16.5. The molecule has 1 aromatic carbocycles. The van der Waals surface area contributed by atoms with Crippen molar-refractivity contribution in [3.05, 3.63) is 35.4 Å². The Bertz CT molecular complexity index is 560. The van der Waals surface area contributed by atoms with E-state index in [1.165, 1.54) is 77.0 Å². The summed E-state index contributed by atoms with van der Waals surface area (Å²) in [6.07, 6.45) is 20.8. The summed E-state index contributed by atoms with van der Waals surface area (Å²) in [5, 5.41) is 9.45. The van der Waals surface area contributed by atoms with E-state index in [0.717, 1.165) is 24.2 Å². The molecule has 3 nitrogen and oxygen atoms in total. The van der Waals surface area contributed by atoms with E-state index in [1.54, 1.807) is 13.2 Å². The van der Waals surface area contributed by atoms with Gasteiger partial charge in [0.2, 0.25) is 0 Å². The standard InChI is InChI=1S/C26H42O3/c1-3-4-5-6-7-8-9-10-11-12-13-14-15-16-17-24(26(27)28)22-23-18-20-25(29-2)21-19-23/h18-22H,3-17H2,1-2H3,(H,27,28). The zero-order valence-corrected chi connectivity index (χ0v) is 18.8. The lowest BCUT2D eigenvalue weighted by molar-refractivity contribution is -0.132. The van der Waals surface area contributed by atoms with E-state index in [1.807, 2.05) is 24.3 Å². The number of aliphatic carboxylic acids is 1. The minimum atomic E-state index is -0.810. The number of benzene rings is 1. The summed E-state index contributed by atoms with van der Waals surface area (Å²) in [5.74, 6) is -0.0264. The maximum atomic E-state index is 11.5. The molecule has 0 bridgehead atoms. The van der Waals surface area contributed by atoms with Crippen molar-refractivity contribution in [1.82, 2.24) is 0 Å². The Kier molecular flexibility index (Phi) is 14.9. The van der Waals surface area contributed by atoms with Gasteiger partial charge in [0, 0.05) is 5.57 Å². The van der Waals surface area contributed by atoms with Crippen molar-refractivity contribution in [2.75, 3.05) is 7.11 Å². The van der Waals surface area contributed by atoms with Crippen molar-refractivity contribution in [2.45, 2.75) is 103 Å². The second-order valence-corrected chi connectivity index (χ2v) is 8.09. The van der Waals surface area contributed by atoms with Crippen LogP contribution in [0.2, 0.25) is 0 Å². The van der Waals surface area contributed by atoms with E-state index in [9.17, 15) is 9.90 Å². The Balaban J connectivity index is 2.07. The van der Waals surface area contributed by atoms with Gasteiger partial charge in [-0.05, 0) is 36.6 Å². The molecule has 0 aliphatic rings. The van der Waals surface area contributed by atoms with Crippen LogP contribution in [0.3, 0.4) is 0 Å².